The van der Waals surface area contributed by atoms with E-state index in [9.17, 15) is 19.2 Å². The summed E-state index contributed by atoms with van der Waals surface area (Å²) in [6.45, 7) is 18.3. The zero-order valence-electron chi connectivity index (χ0n) is 28.1. The standard InChI is InChI=1S/C35H51N3O6/c1-11-12-20-38(31(40)25(4)36-33(42)44-35(8,9)10)29(27-19-18-23(2)24(3)21-27)30(39)37-28(32(41)43-34(5,6)7)22-26-16-14-13-15-17-26/h13-19,21,25,28-29H,11-12,20,22H2,1-10H3,(H,36,42)(H,37,39). The van der Waals surface area contributed by atoms with Gasteiger partial charge in [0.15, 0.2) is 0 Å². The third-order valence-corrected chi connectivity index (χ3v) is 6.84. The zero-order chi connectivity index (χ0) is 33.2. The highest BCUT2D eigenvalue weighted by molar-refractivity contribution is 5.94. The van der Waals surface area contributed by atoms with Gasteiger partial charge in [0.05, 0.1) is 0 Å². The summed E-state index contributed by atoms with van der Waals surface area (Å²) in [5.74, 6) is -1.53. The number of benzene rings is 2. The topological polar surface area (TPSA) is 114 Å². The van der Waals surface area contributed by atoms with Gasteiger partial charge in [0.1, 0.15) is 29.3 Å². The Kier molecular flexibility index (Phi) is 13.0. The molecule has 242 valence electrons. The van der Waals surface area contributed by atoms with E-state index in [1.807, 2.05) is 69.3 Å². The number of ether oxygens (including phenoxy) is 2. The van der Waals surface area contributed by atoms with Gasteiger partial charge in [-0.25, -0.2) is 9.59 Å². The first-order chi connectivity index (χ1) is 20.4. The van der Waals surface area contributed by atoms with Gasteiger partial charge >= 0.3 is 12.1 Å². The number of carbonyl (C=O) groups is 4. The molecule has 0 aromatic heterocycles. The third kappa shape index (κ3) is 11.7. The summed E-state index contributed by atoms with van der Waals surface area (Å²) >= 11 is 0. The minimum atomic E-state index is -1.07. The molecule has 2 N–H and O–H groups in total. The van der Waals surface area contributed by atoms with E-state index in [-0.39, 0.29) is 13.0 Å². The summed E-state index contributed by atoms with van der Waals surface area (Å²) < 4.78 is 11.1. The van der Waals surface area contributed by atoms with Crippen LogP contribution >= 0.6 is 0 Å². The molecule has 0 radical (unpaired) electrons. The molecule has 0 fully saturated rings. The number of amides is 3. The molecule has 0 aliphatic heterocycles. The first-order valence-corrected chi connectivity index (χ1v) is 15.4. The Morgan fingerprint density at radius 2 is 1.45 bits per heavy atom. The maximum atomic E-state index is 14.3. The normalized spacial score (nSPS) is 13.7. The van der Waals surface area contributed by atoms with Gasteiger partial charge in [-0.3, -0.25) is 9.59 Å². The molecule has 0 heterocycles. The van der Waals surface area contributed by atoms with Crippen molar-refractivity contribution in [1.82, 2.24) is 15.5 Å². The molecular formula is C35H51N3O6. The van der Waals surface area contributed by atoms with Crippen molar-refractivity contribution in [2.45, 2.75) is 118 Å². The monoisotopic (exact) mass is 609 g/mol. The molecule has 0 aliphatic carbocycles. The third-order valence-electron chi connectivity index (χ3n) is 6.84. The SMILES string of the molecule is CCCCN(C(=O)C(C)NC(=O)OC(C)(C)C)C(C(=O)NC(Cc1ccccc1)C(=O)OC(C)(C)C)c1ccc(C)c(C)c1. The van der Waals surface area contributed by atoms with Crippen LogP contribution in [0.3, 0.4) is 0 Å². The Labute approximate surface area is 263 Å². The number of hydrogen-bond acceptors (Lipinski definition) is 6. The summed E-state index contributed by atoms with van der Waals surface area (Å²) in [7, 11) is 0. The lowest BCUT2D eigenvalue weighted by molar-refractivity contribution is -0.159. The molecule has 2 aromatic rings. The van der Waals surface area contributed by atoms with Crippen LogP contribution in [-0.4, -0.2) is 58.6 Å². The van der Waals surface area contributed by atoms with Crippen molar-refractivity contribution in [3.05, 3.63) is 70.8 Å². The van der Waals surface area contributed by atoms with Crippen molar-refractivity contribution in [3.63, 3.8) is 0 Å². The second kappa shape index (κ2) is 15.7. The number of nitrogens with zero attached hydrogens (tertiary/aromatic N) is 1. The van der Waals surface area contributed by atoms with Crippen LogP contribution in [0, 0.1) is 13.8 Å². The molecule has 44 heavy (non-hydrogen) atoms. The van der Waals surface area contributed by atoms with Crippen molar-refractivity contribution in [2.24, 2.45) is 0 Å². The fourth-order valence-electron chi connectivity index (χ4n) is 4.56. The van der Waals surface area contributed by atoms with Gasteiger partial charge in [-0.15, -0.1) is 0 Å². The molecule has 2 rings (SSSR count). The lowest BCUT2D eigenvalue weighted by atomic mass is 9.97. The minimum absolute atomic E-state index is 0.209. The Balaban J connectivity index is 2.55. The highest BCUT2D eigenvalue weighted by Crippen LogP contribution is 2.26. The van der Waals surface area contributed by atoms with Gasteiger partial charge < -0.3 is 25.0 Å². The van der Waals surface area contributed by atoms with E-state index in [1.165, 1.54) is 4.90 Å². The smallest absolute Gasteiger partial charge is 0.408 e. The number of esters is 1. The fraction of sp³-hybridized carbons (Fsp3) is 0.543. The zero-order valence-corrected chi connectivity index (χ0v) is 28.1. The Hall–Kier alpha value is -3.88. The van der Waals surface area contributed by atoms with E-state index >= 15 is 0 Å². The maximum Gasteiger partial charge on any atom is 0.408 e. The highest BCUT2D eigenvalue weighted by Gasteiger charge is 2.37. The van der Waals surface area contributed by atoms with Crippen molar-refractivity contribution in [3.8, 4) is 0 Å². The molecule has 9 nitrogen and oxygen atoms in total. The predicted octanol–water partition coefficient (Wildman–Crippen LogP) is 5.96. The van der Waals surface area contributed by atoms with E-state index in [0.29, 0.717) is 12.0 Å². The number of nitrogens with one attached hydrogen (secondary N) is 2. The van der Waals surface area contributed by atoms with Gasteiger partial charge in [0, 0.05) is 13.0 Å². The summed E-state index contributed by atoms with van der Waals surface area (Å²) in [5, 5.41) is 5.54. The lowest BCUT2D eigenvalue weighted by Gasteiger charge is -2.35. The summed E-state index contributed by atoms with van der Waals surface area (Å²) in [4.78, 5) is 55.8. The van der Waals surface area contributed by atoms with Crippen LogP contribution in [0.4, 0.5) is 4.79 Å². The second-order valence-electron chi connectivity index (χ2n) is 13.3. The second-order valence-corrected chi connectivity index (χ2v) is 13.3. The van der Waals surface area contributed by atoms with Gasteiger partial charge in [-0.2, -0.15) is 0 Å². The fourth-order valence-corrected chi connectivity index (χ4v) is 4.56. The molecule has 3 atom stereocenters. The predicted molar refractivity (Wildman–Crippen MR) is 172 cm³/mol. The molecule has 0 saturated heterocycles. The van der Waals surface area contributed by atoms with Crippen LogP contribution in [-0.2, 0) is 30.3 Å². The number of hydrogen-bond donors (Lipinski definition) is 2. The van der Waals surface area contributed by atoms with E-state index in [2.05, 4.69) is 10.6 Å². The quantitative estimate of drug-likeness (QED) is 0.287. The molecule has 0 spiro atoms. The van der Waals surface area contributed by atoms with Crippen LogP contribution in [0.25, 0.3) is 0 Å². The highest BCUT2D eigenvalue weighted by atomic mass is 16.6. The van der Waals surface area contributed by atoms with E-state index in [4.69, 9.17) is 9.47 Å². The van der Waals surface area contributed by atoms with Crippen molar-refractivity contribution in [1.29, 1.82) is 0 Å². The largest absolute Gasteiger partial charge is 0.458 e. The molecule has 9 heteroatoms. The van der Waals surface area contributed by atoms with Crippen LogP contribution in [0.5, 0.6) is 0 Å². The first-order valence-electron chi connectivity index (χ1n) is 15.4. The molecule has 0 aliphatic rings. The number of carbonyl (C=O) groups excluding carboxylic acids is 4. The molecular weight excluding hydrogens is 558 g/mol. The maximum absolute atomic E-state index is 14.3. The molecule has 2 aromatic carbocycles. The van der Waals surface area contributed by atoms with Crippen LogP contribution < -0.4 is 10.6 Å². The van der Waals surface area contributed by atoms with Gasteiger partial charge in [-0.05, 0) is 91.0 Å². The Morgan fingerprint density at radius 1 is 0.841 bits per heavy atom. The van der Waals surface area contributed by atoms with Gasteiger partial charge in [-0.1, -0.05) is 61.9 Å². The van der Waals surface area contributed by atoms with Gasteiger partial charge in [0.2, 0.25) is 11.8 Å². The van der Waals surface area contributed by atoms with Crippen molar-refractivity contribution < 1.29 is 28.7 Å². The molecule has 3 amide bonds. The van der Waals surface area contributed by atoms with E-state index < -0.39 is 53.2 Å². The molecule has 0 saturated carbocycles. The van der Waals surface area contributed by atoms with E-state index in [1.54, 1.807) is 48.5 Å². The van der Waals surface area contributed by atoms with Crippen molar-refractivity contribution >= 4 is 23.9 Å². The number of aryl methyl sites for hydroxylation is 2. The Bertz CT molecular complexity index is 1280. The Morgan fingerprint density at radius 3 is 2.00 bits per heavy atom. The summed E-state index contributed by atoms with van der Waals surface area (Å²) in [6, 6.07) is 11.9. The average molecular weight is 610 g/mol. The van der Waals surface area contributed by atoms with Crippen LogP contribution in [0.15, 0.2) is 48.5 Å². The van der Waals surface area contributed by atoms with Crippen molar-refractivity contribution in [2.75, 3.05) is 6.54 Å². The lowest BCUT2D eigenvalue weighted by Crippen LogP contribution is -2.54. The number of rotatable bonds is 12. The number of unbranched alkanes of at least 4 members (excludes halogenated alkanes) is 1. The minimum Gasteiger partial charge on any atom is -0.458 e. The molecule has 3 unspecified atom stereocenters. The summed E-state index contributed by atoms with van der Waals surface area (Å²) in [5.41, 5.74) is 1.93. The van der Waals surface area contributed by atoms with Gasteiger partial charge in [0.25, 0.3) is 0 Å². The average Bonchev–Trinajstić information content (AvgIpc) is 2.90. The first kappa shape index (κ1) is 36.3. The number of alkyl carbamates (subject to hydrolysis) is 1. The van der Waals surface area contributed by atoms with Crippen LogP contribution in [0.2, 0.25) is 0 Å². The van der Waals surface area contributed by atoms with E-state index in [0.717, 1.165) is 23.1 Å². The molecule has 0 bridgehead atoms. The van der Waals surface area contributed by atoms with Crippen LogP contribution in [0.1, 0.15) is 96.5 Å². The summed E-state index contributed by atoms with van der Waals surface area (Å²) in [6.07, 6.45) is 0.876.